The summed E-state index contributed by atoms with van der Waals surface area (Å²) in [6.07, 6.45) is 0. The molecule has 0 aliphatic carbocycles. The Kier molecular flexibility index (Phi) is 7.86. The van der Waals surface area contributed by atoms with Crippen LogP contribution >= 0.6 is 0 Å². The van der Waals surface area contributed by atoms with Gasteiger partial charge in [0.15, 0.2) is 6.61 Å². The topological polar surface area (TPSA) is 50.8 Å². The van der Waals surface area contributed by atoms with Crippen molar-refractivity contribution in [2.45, 2.75) is 12.6 Å². The molecule has 3 rings (SSSR count). The minimum Gasteiger partial charge on any atom is -0.489 e. The maximum Gasteiger partial charge on any atom is 0.258 e. The van der Waals surface area contributed by atoms with E-state index in [4.69, 9.17) is 9.47 Å². The molecule has 0 bridgehead atoms. The number of rotatable bonds is 10. The molecule has 0 aliphatic heterocycles. The minimum atomic E-state index is -0.157. The molecule has 0 heterocycles. The van der Waals surface area contributed by atoms with Gasteiger partial charge < -0.3 is 19.7 Å². The predicted molar refractivity (Wildman–Crippen MR) is 119 cm³/mol. The molecule has 0 spiro atoms. The van der Waals surface area contributed by atoms with Crippen molar-refractivity contribution in [3.63, 3.8) is 0 Å². The molecule has 156 valence electrons. The van der Waals surface area contributed by atoms with Crippen molar-refractivity contribution in [1.82, 2.24) is 10.2 Å². The monoisotopic (exact) mass is 404 g/mol. The van der Waals surface area contributed by atoms with Gasteiger partial charge in [-0.05, 0) is 49.5 Å². The first kappa shape index (κ1) is 21.4. The number of hydrogen-bond donors (Lipinski definition) is 1. The van der Waals surface area contributed by atoms with Gasteiger partial charge in [-0.3, -0.25) is 4.79 Å². The van der Waals surface area contributed by atoms with Crippen LogP contribution in [-0.4, -0.2) is 38.1 Å². The summed E-state index contributed by atoms with van der Waals surface area (Å²) in [5.74, 6) is 1.22. The Hall–Kier alpha value is -3.31. The molecule has 5 heteroatoms. The van der Waals surface area contributed by atoms with Crippen LogP contribution in [-0.2, 0) is 11.4 Å². The summed E-state index contributed by atoms with van der Waals surface area (Å²) in [7, 11) is 3.97. The number of hydrogen-bond acceptors (Lipinski definition) is 4. The van der Waals surface area contributed by atoms with Crippen LogP contribution in [0.25, 0.3) is 0 Å². The number of nitrogens with one attached hydrogen (secondary N) is 1. The zero-order valence-corrected chi connectivity index (χ0v) is 17.5. The average Bonchev–Trinajstić information content (AvgIpc) is 2.77. The van der Waals surface area contributed by atoms with Crippen molar-refractivity contribution in [2.75, 3.05) is 27.2 Å². The van der Waals surface area contributed by atoms with Crippen LogP contribution < -0.4 is 14.8 Å². The highest BCUT2D eigenvalue weighted by molar-refractivity contribution is 5.78. The Bertz CT molecular complexity index is 897. The molecular weight excluding hydrogens is 376 g/mol. The molecule has 1 atom stereocenters. The van der Waals surface area contributed by atoms with Gasteiger partial charge in [-0.25, -0.2) is 0 Å². The highest BCUT2D eigenvalue weighted by Gasteiger charge is 2.15. The molecule has 0 aliphatic rings. The predicted octanol–water partition coefficient (Wildman–Crippen LogP) is 4.06. The molecule has 0 saturated carbocycles. The van der Waals surface area contributed by atoms with Gasteiger partial charge >= 0.3 is 0 Å². The van der Waals surface area contributed by atoms with E-state index >= 15 is 0 Å². The van der Waals surface area contributed by atoms with Crippen molar-refractivity contribution in [2.24, 2.45) is 0 Å². The zero-order chi connectivity index (χ0) is 21.2. The van der Waals surface area contributed by atoms with E-state index in [9.17, 15) is 4.79 Å². The van der Waals surface area contributed by atoms with E-state index < -0.39 is 0 Å². The van der Waals surface area contributed by atoms with Gasteiger partial charge in [-0.2, -0.15) is 0 Å². The second-order valence-electron chi connectivity index (χ2n) is 7.33. The van der Waals surface area contributed by atoms with Gasteiger partial charge in [0.05, 0.1) is 6.04 Å². The lowest BCUT2D eigenvalue weighted by atomic mass is 10.1. The summed E-state index contributed by atoms with van der Waals surface area (Å²) in [6, 6.07) is 27.2. The summed E-state index contributed by atoms with van der Waals surface area (Å²) in [5.41, 5.74) is 2.18. The van der Waals surface area contributed by atoms with Gasteiger partial charge in [-0.15, -0.1) is 0 Å². The van der Waals surface area contributed by atoms with Crippen LogP contribution in [0.4, 0.5) is 0 Å². The van der Waals surface area contributed by atoms with E-state index in [1.54, 1.807) is 0 Å². The molecule has 5 nitrogen and oxygen atoms in total. The van der Waals surface area contributed by atoms with Crippen LogP contribution in [0.3, 0.4) is 0 Å². The first-order valence-corrected chi connectivity index (χ1v) is 9.99. The smallest absolute Gasteiger partial charge is 0.258 e. The molecule has 3 aromatic carbocycles. The first-order chi connectivity index (χ1) is 14.6. The summed E-state index contributed by atoms with van der Waals surface area (Å²) >= 11 is 0. The SMILES string of the molecule is CN(C)C[C@@H](NC(=O)COc1ccc(OCc2ccccc2)cc1)c1ccccc1. The van der Waals surface area contributed by atoms with Crippen molar-refractivity contribution in [3.05, 3.63) is 96.1 Å². The molecule has 3 aromatic rings. The van der Waals surface area contributed by atoms with E-state index in [2.05, 4.69) is 5.32 Å². The fraction of sp³-hybridized carbons (Fsp3) is 0.240. The first-order valence-electron chi connectivity index (χ1n) is 9.99. The highest BCUT2D eigenvalue weighted by Crippen LogP contribution is 2.19. The number of benzene rings is 3. The molecule has 0 fully saturated rings. The highest BCUT2D eigenvalue weighted by atomic mass is 16.5. The fourth-order valence-electron chi connectivity index (χ4n) is 3.04. The molecule has 0 saturated heterocycles. The van der Waals surface area contributed by atoms with Gasteiger partial charge in [-0.1, -0.05) is 60.7 Å². The Morgan fingerprint density at radius 2 is 1.40 bits per heavy atom. The maximum absolute atomic E-state index is 12.4. The van der Waals surface area contributed by atoms with E-state index in [0.29, 0.717) is 18.9 Å². The average molecular weight is 405 g/mol. The van der Waals surface area contributed by atoms with Crippen LogP contribution in [0.1, 0.15) is 17.2 Å². The lowest BCUT2D eigenvalue weighted by molar-refractivity contribution is -0.124. The fourth-order valence-corrected chi connectivity index (χ4v) is 3.04. The minimum absolute atomic E-state index is 0.0407. The number of ether oxygens (including phenoxy) is 2. The van der Waals surface area contributed by atoms with Gasteiger partial charge in [0.2, 0.25) is 0 Å². The Morgan fingerprint density at radius 1 is 0.833 bits per heavy atom. The van der Waals surface area contributed by atoms with E-state index in [1.807, 2.05) is 104 Å². The molecule has 0 aromatic heterocycles. The molecule has 0 unspecified atom stereocenters. The van der Waals surface area contributed by atoms with Crippen LogP contribution in [0, 0.1) is 0 Å². The second-order valence-corrected chi connectivity index (χ2v) is 7.33. The Balaban J connectivity index is 1.48. The van der Waals surface area contributed by atoms with Crippen molar-refractivity contribution < 1.29 is 14.3 Å². The summed E-state index contributed by atoms with van der Waals surface area (Å²) in [6.45, 7) is 1.18. The lowest BCUT2D eigenvalue weighted by Crippen LogP contribution is -2.37. The normalized spacial score (nSPS) is 11.7. The van der Waals surface area contributed by atoms with Crippen LogP contribution in [0.2, 0.25) is 0 Å². The number of carbonyl (C=O) groups is 1. The summed E-state index contributed by atoms with van der Waals surface area (Å²) < 4.78 is 11.4. The van der Waals surface area contributed by atoms with E-state index in [1.165, 1.54) is 0 Å². The van der Waals surface area contributed by atoms with Gasteiger partial charge in [0.1, 0.15) is 18.1 Å². The molecular formula is C25H28N2O3. The van der Waals surface area contributed by atoms with Crippen molar-refractivity contribution in [3.8, 4) is 11.5 Å². The van der Waals surface area contributed by atoms with Crippen molar-refractivity contribution >= 4 is 5.91 Å². The number of likely N-dealkylation sites (N-methyl/N-ethyl adjacent to an activating group) is 1. The largest absolute Gasteiger partial charge is 0.489 e. The zero-order valence-electron chi connectivity index (χ0n) is 17.5. The standard InChI is InChI=1S/C25H28N2O3/c1-27(2)17-24(21-11-7-4-8-12-21)26-25(28)19-30-23-15-13-22(14-16-23)29-18-20-9-5-3-6-10-20/h3-16,24H,17-19H2,1-2H3,(H,26,28)/t24-/m1/s1. The quantitative estimate of drug-likeness (QED) is 0.554. The molecule has 1 N–H and O–H groups in total. The Morgan fingerprint density at radius 3 is 2.00 bits per heavy atom. The van der Waals surface area contributed by atoms with E-state index in [-0.39, 0.29) is 18.6 Å². The van der Waals surface area contributed by atoms with Gasteiger partial charge in [0, 0.05) is 6.54 Å². The van der Waals surface area contributed by atoms with Crippen molar-refractivity contribution in [1.29, 1.82) is 0 Å². The summed E-state index contributed by atoms with van der Waals surface area (Å²) in [5, 5.41) is 3.05. The van der Waals surface area contributed by atoms with Gasteiger partial charge in [0.25, 0.3) is 5.91 Å². The third-order valence-corrected chi connectivity index (χ3v) is 4.53. The number of amides is 1. The van der Waals surface area contributed by atoms with Crippen LogP contribution in [0.5, 0.6) is 11.5 Å². The second kappa shape index (κ2) is 11.0. The van der Waals surface area contributed by atoms with Crippen LogP contribution in [0.15, 0.2) is 84.9 Å². The molecule has 0 radical (unpaired) electrons. The third-order valence-electron chi connectivity index (χ3n) is 4.53. The molecule has 1 amide bonds. The number of carbonyl (C=O) groups excluding carboxylic acids is 1. The lowest BCUT2D eigenvalue weighted by Gasteiger charge is -2.23. The molecule has 30 heavy (non-hydrogen) atoms. The summed E-state index contributed by atoms with van der Waals surface area (Å²) in [4.78, 5) is 14.5. The number of nitrogens with zero attached hydrogens (tertiary/aromatic N) is 1. The van der Waals surface area contributed by atoms with E-state index in [0.717, 1.165) is 16.9 Å². The Labute approximate surface area is 178 Å². The maximum atomic E-state index is 12.4. The third kappa shape index (κ3) is 6.94.